The fourth-order valence-corrected chi connectivity index (χ4v) is 3.88. The SMILES string of the molecule is COc1cc(OC(C)C)cc(CCC(=O)c2cc(OC(C)C)cc(OC(C)C)c2OC(C)C)c1OC(C)C. The van der Waals surface area contributed by atoms with Gasteiger partial charge in [-0.3, -0.25) is 4.79 Å². The number of rotatable bonds is 15. The lowest BCUT2D eigenvalue weighted by molar-refractivity contribution is 0.0973. The minimum Gasteiger partial charge on any atom is -0.493 e. The number of carbonyl (C=O) groups excluding carboxylic acids is 1. The van der Waals surface area contributed by atoms with Gasteiger partial charge in [-0.25, -0.2) is 0 Å². The van der Waals surface area contributed by atoms with Crippen LogP contribution in [0.3, 0.4) is 0 Å². The Labute approximate surface area is 228 Å². The predicted octanol–water partition coefficient (Wildman–Crippen LogP) is 7.45. The van der Waals surface area contributed by atoms with Crippen molar-refractivity contribution in [3.63, 3.8) is 0 Å². The monoisotopic (exact) mass is 530 g/mol. The van der Waals surface area contributed by atoms with Gasteiger partial charge >= 0.3 is 0 Å². The number of ether oxygens (including phenoxy) is 6. The lowest BCUT2D eigenvalue weighted by atomic mass is 10.00. The van der Waals surface area contributed by atoms with Crippen molar-refractivity contribution in [3.8, 4) is 34.5 Å². The molecule has 0 unspecified atom stereocenters. The third kappa shape index (κ3) is 9.34. The number of hydrogen-bond acceptors (Lipinski definition) is 7. The summed E-state index contributed by atoms with van der Waals surface area (Å²) in [7, 11) is 1.60. The van der Waals surface area contributed by atoms with Crippen molar-refractivity contribution in [1.29, 1.82) is 0 Å². The fraction of sp³-hybridized carbons (Fsp3) is 0.581. The lowest BCUT2D eigenvalue weighted by Gasteiger charge is -2.22. The Kier molecular flexibility index (Phi) is 11.6. The Bertz CT molecular complexity index is 1050. The summed E-state index contributed by atoms with van der Waals surface area (Å²) in [5, 5.41) is 0. The number of ketones is 1. The number of hydrogen-bond donors (Lipinski definition) is 0. The summed E-state index contributed by atoms with van der Waals surface area (Å²) in [5.74, 6) is 3.25. The van der Waals surface area contributed by atoms with Crippen molar-refractivity contribution in [2.75, 3.05) is 7.11 Å². The minimum absolute atomic E-state index is 0.00938. The standard InChI is InChI=1S/C31H46O7/c1-18(2)34-24-14-23(30(37-21(7)8)28(16-24)33-11)12-13-27(32)26-15-25(35-19(3)4)17-29(36-20(5)6)31(26)38-22(9)10/h14-22H,12-13H2,1-11H3. The maximum Gasteiger partial charge on any atom is 0.172 e. The largest absolute Gasteiger partial charge is 0.493 e. The molecule has 0 aliphatic carbocycles. The van der Waals surface area contributed by atoms with Gasteiger partial charge in [0.2, 0.25) is 0 Å². The molecule has 0 fully saturated rings. The Balaban J connectivity index is 2.52. The normalized spacial score (nSPS) is 11.5. The maximum absolute atomic E-state index is 13.8. The van der Waals surface area contributed by atoms with Crippen molar-refractivity contribution < 1.29 is 33.2 Å². The van der Waals surface area contributed by atoms with Gasteiger partial charge < -0.3 is 28.4 Å². The van der Waals surface area contributed by atoms with E-state index in [4.69, 9.17) is 28.4 Å². The zero-order chi connectivity index (χ0) is 28.6. The van der Waals surface area contributed by atoms with Crippen LogP contribution in [0.5, 0.6) is 34.5 Å². The summed E-state index contributed by atoms with van der Waals surface area (Å²) in [5.41, 5.74) is 1.27. The average Bonchev–Trinajstić information content (AvgIpc) is 2.78. The van der Waals surface area contributed by atoms with Gasteiger partial charge in [0.1, 0.15) is 11.5 Å². The molecular weight excluding hydrogens is 484 g/mol. The molecule has 2 aromatic carbocycles. The molecule has 0 atom stereocenters. The van der Waals surface area contributed by atoms with Crippen LogP contribution in [-0.4, -0.2) is 43.4 Å². The molecule has 0 amide bonds. The molecule has 0 N–H and O–H groups in total. The number of methoxy groups -OCH3 is 1. The second-order valence-corrected chi connectivity index (χ2v) is 10.7. The van der Waals surface area contributed by atoms with E-state index in [0.29, 0.717) is 46.5 Å². The first-order chi connectivity index (χ1) is 17.8. The molecule has 0 saturated carbocycles. The van der Waals surface area contributed by atoms with E-state index in [0.717, 1.165) is 5.56 Å². The van der Waals surface area contributed by atoms with E-state index < -0.39 is 0 Å². The van der Waals surface area contributed by atoms with E-state index in [2.05, 4.69) is 0 Å². The van der Waals surface area contributed by atoms with Gasteiger partial charge in [-0.05, 0) is 87.8 Å². The number of benzene rings is 2. The summed E-state index contributed by atoms with van der Waals surface area (Å²) in [6.45, 7) is 19.5. The Morgan fingerprint density at radius 3 is 1.58 bits per heavy atom. The smallest absolute Gasteiger partial charge is 0.172 e. The molecule has 2 rings (SSSR count). The molecule has 38 heavy (non-hydrogen) atoms. The van der Waals surface area contributed by atoms with Gasteiger partial charge in [0, 0.05) is 24.1 Å². The molecule has 0 aliphatic heterocycles. The van der Waals surface area contributed by atoms with Crippen LogP contribution in [0.25, 0.3) is 0 Å². The van der Waals surface area contributed by atoms with Gasteiger partial charge in [-0.15, -0.1) is 0 Å². The molecule has 2 aromatic rings. The van der Waals surface area contributed by atoms with Crippen molar-refractivity contribution in [2.45, 2.75) is 113 Å². The highest BCUT2D eigenvalue weighted by molar-refractivity contribution is 6.00. The summed E-state index contributed by atoms with van der Waals surface area (Å²) >= 11 is 0. The van der Waals surface area contributed by atoms with Crippen LogP contribution < -0.4 is 28.4 Å². The van der Waals surface area contributed by atoms with Crippen LogP contribution in [0.15, 0.2) is 24.3 Å². The quantitative estimate of drug-likeness (QED) is 0.221. The molecule has 7 heteroatoms. The maximum atomic E-state index is 13.8. The number of Topliss-reactive ketones (excluding diaryl/α,β-unsaturated/α-hetero) is 1. The predicted molar refractivity (Wildman–Crippen MR) is 151 cm³/mol. The summed E-state index contributed by atoms with van der Waals surface area (Å²) in [6.07, 6.45) is 0.245. The zero-order valence-corrected chi connectivity index (χ0v) is 25.0. The van der Waals surface area contributed by atoms with Crippen LogP contribution in [0.4, 0.5) is 0 Å². The van der Waals surface area contributed by atoms with E-state index in [1.54, 1.807) is 19.2 Å². The Morgan fingerprint density at radius 1 is 0.605 bits per heavy atom. The molecule has 0 saturated heterocycles. The van der Waals surface area contributed by atoms with Crippen LogP contribution >= 0.6 is 0 Å². The van der Waals surface area contributed by atoms with Crippen molar-refractivity contribution in [3.05, 3.63) is 35.4 Å². The summed E-state index contributed by atoms with van der Waals surface area (Å²) < 4.78 is 35.8. The molecule has 0 bridgehead atoms. The molecule has 0 spiro atoms. The molecular formula is C31H46O7. The lowest BCUT2D eigenvalue weighted by Crippen LogP contribution is -2.16. The zero-order valence-electron chi connectivity index (χ0n) is 25.0. The average molecular weight is 531 g/mol. The van der Waals surface area contributed by atoms with Crippen molar-refractivity contribution in [2.24, 2.45) is 0 Å². The van der Waals surface area contributed by atoms with Crippen molar-refractivity contribution >= 4 is 5.78 Å². The highest BCUT2D eigenvalue weighted by Crippen LogP contribution is 2.40. The van der Waals surface area contributed by atoms with Gasteiger partial charge in [-0.1, -0.05) is 0 Å². The van der Waals surface area contributed by atoms with E-state index in [-0.39, 0.29) is 42.7 Å². The van der Waals surface area contributed by atoms with E-state index in [1.807, 2.05) is 81.4 Å². The summed E-state index contributed by atoms with van der Waals surface area (Å²) in [6, 6.07) is 7.28. The topological polar surface area (TPSA) is 72.5 Å². The molecule has 212 valence electrons. The number of carbonyl (C=O) groups is 1. The van der Waals surface area contributed by atoms with E-state index >= 15 is 0 Å². The van der Waals surface area contributed by atoms with Crippen LogP contribution in [0.2, 0.25) is 0 Å². The Hall–Kier alpha value is -3.09. The van der Waals surface area contributed by atoms with Gasteiger partial charge in [-0.2, -0.15) is 0 Å². The number of aryl methyl sites for hydroxylation is 1. The highest BCUT2D eigenvalue weighted by atomic mass is 16.5. The fourth-order valence-electron chi connectivity index (χ4n) is 3.88. The third-order valence-electron chi connectivity index (χ3n) is 5.09. The Morgan fingerprint density at radius 2 is 1.08 bits per heavy atom. The first-order valence-electron chi connectivity index (χ1n) is 13.6. The van der Waals surface area contributed by atoms with Gasteiger partial charge in [0.15, 0.2) is 28.8 Å². The molecule has 0 radical (unpaired) electrons. The highest BCUT2D eigenvalue weighted by Gasteiger charge is 2.24. The third-order valence-corrected chi connectivity index (χ3v) is 5.09. The van der Waals surface area contributed by atoms with E-state index in [9.17, 15) is 4.79 Å². The molecule has 7 nitrogen and oxygen atoms in total. The molecule has 0 heterocycles. The summed E-state index contributed by atoms with van der Waals surface area (Å²) in [4.78, 5) is 13.8. The van der Waals surface area contributed by atoms with Crippen molar-refractivity contribution in [1.82, 2.24) is 0 Å². The molecule has 0 aromatic heterocycles. The first kappa shape index (κ1) is 31.1. The first-order valence-corrected chi connectivity index (χ1v) is 13.6. The second kappa shape index (κ2) is 14.2. The van der Waals surface area contributed by atoms with Crippen LogP contribution in [0, 0.1) is 0 Å². The van der Waals surface area contributed by atoms with E-state index in [1.165, 1.54) is 0 Å². The van der Waals surface area contributed by atoms with Gasteiger partial charge in [0.25, 0.3) is 0 Å². The molecule has 0 aliphatic rings. The van der Waals surface area contributed by atoms with Crippen LogP contribution in [-0.2, 0) is 6.42 Å². The van der Waals surface area contributed by atoms with Gasteiger partial charge in [0.05, 0.1) is 43.2 Å². The van der Waals surface area contributed by atoms with Crippen LogP contribution in [0.1, 0.15) is 91.6 Å². The second-order valence-electron chi connectivity index (χ2n) is 10.7. The minimum atomic E-state index is -0.145.